The Morgan fingerprint density at radius 3 is 1.63 bits per heavy atom. The van der Waals surface area contributed by atoms with Gasteiger partial charge in [-0.2, -0.15) is 0 Å². The lowest BCUT2D eigenvalue weighted by Gasteiger charge is -2.23. The number of amides is 3. The summed E-state index contributed by atoms with van der Waals surface area (Å²) >= 11 is 0. The van der Waals surface area contributed by atoms with Gasteiger partial charge in [-0.05, 0) is 89.8 Å². The largest absolute Gasteiger partial charge is 0.494 e. The van der Waals surface area contributed by atoms with Crippen molar-refractivity contribution in [3.05, 3.63) is 96.1 Å². The van der Waals surface area contributed by atoms with Crippen molar-refractivity contribution in [1.29, 1.82) is 0 Å². The zero-order valence-corrected chi connectivity index (χ0v) is 31.5. The maximum Gasteiger partial charge on any atom is 0.414 e. The molecule has 11 nitrogen and oxygen atoms in total. The minimum atomic E-state index is -0.944. The zero-order valence-electron chi connectivity index (χ0n) is 31.5. The minimum absolute atomic E-state index is 0.242. The number of hydrogen-bond donors (Lipinski definition) is 3. The van der Waals surface area contributed by atoms with Crippen molar-refractivity contribution in [2.24, 2.45) is 4.99 Å². The Labute approximate surface area is 308 Å². The summed E-state index contributed by atoms with van der Waals surface area (Å²) < 4.78 is 22.4. The van der Waals surface area contributed by atoms with Gasteiger partial charge in [0.2, 0.25) is 11.9 Å². The summed E-state index contributed by atoms with van der Waals surface area (Å²) in [4.78, 5) is 43.1. The first-order valence-electron chi connectivity index (χ1n) is 18.0. The molecule has 0 aliphatic rings. The molecule has 0 radical (unpaired) electrons. The number of unbranched alkanes of at least 4 members (excludes halogenated alkanes) is 5. The first kappa shape index (κ1) is 41.4. The number of ether oxygens (including phenoxy) is 4. The van der Waals surface area contributed by atoms with Crippen molar-refractivity contribution in [2.45, 2.75) is 110 Å². The molecule has 3 aromatic rings. The summed E-state index contributed by atoms with van der Waals surface area (Å²) in [7, 11) is 0. The van der Waals surface area contributed by atoms with Gasteiger partial charge < -0.3 is 24.3 Å². The van der Waals surface area contributed by atoms with Gasteiger partial charge in [0, 0.05) is 13.0 Å². The second-order valence-corrected chi connectivity index (χ2v) is 14.4. The van der Waals surface area contributed by atoms with E-state index in [1.54, 1.807) is 41.5 Å². The van der Waals surface area contributed by atoms with E-state index in [0.29, 0.717) is 19.8 Å². The van der Waals surface area contributed by atoms with E-state index in [4.69, 9.17) is 18.9 Å². The van der Waals surface area contributed by atoms with E-state index in [1.807, 2.05) is 84.9 Å². The summed E-state index contributed by atoms with van der Waals surface area (Å²) in [6.07, 6.45) is 4.48. The molecule has 3 aromatic carbocycles. The highest BCUT2D eigenvalue weighted by Crippen LogP contribution is 2.19. The molecule has 282 valence electrons. The van der Waals surface area contributed by atoms with Crippen LogP contribution < -0.4 is 25.4 Å². The summed E-state index contributed by atoms with van der Waals surface area (Å²) in [6, 6.07) is 26.2. The van der Waals surface area contributed by atoms with Gasteiger partial charge in [0.05, 0.1) is 6.61 Å². The number of hydrogen-bond acceptors (Lipinski definition) is 8. The fourth-order valence-corrected chi connectivity index (χ4v) is 4.91. The molecule has 3 rings (SSSR count). The third-order valence-corrected chi connectivity index (χ3v) is 7.31. The molecule has 1 atom stereocenters. The number of nitrogens with one attached hydrogen (secondary N) is 3. The van der Waals surface area contributed by atoms with Crippen molar-refractivity contribution in [1.82, 2.24) is 16.0 Å². The molecule has 0 saturated heterocycles. The van der Waals surface area contributed by atoms with Crippen molar-refractivity contribution in [3.8, 4) is 11.5 Å². The number of rotatable bonds is 17. The number of nitrogens with zero attached hydrogens (tertiary/aromatic N) is 1. The molecule has 0 bridgehead atoms. The number of benzene rings is 3. The van der Waals surface area contributed by atoms with Gasteiger partial charge in [-0.3, -0.25) is 15.4 Å². The Balaban J connectivity index is 1.43. The molecule has 0 fully saturated rings. The SMILES string of the molecule is CC(C)(C)OC(=O)NC(=N[C@@H](Cc1ccccc1)C(=O)NCCCCCCCCOc1ccc(OCc2ccccc2)cc1)NC(=O)OC(C)(C)C. The van der Waals surface area contributed by atoms with E-state index >= 15 is 0 Å². The molecular weight excluding hydrogens is 660 g/mol. The smallest absolute Gasteiger partial charge is 0.414 e. The van der Waals surface area contributed by atoms with E-state index in [1.165, 1.54) is 0 Å². The molecule has 3 N–H and O–H groups in total. The average molecular weight is 717 g/mol. The monoisotopic (exact) mass is 716 g/mol. The third kappa shape index (κ3) is 18.3. The van der Waals surface area contributed by atoms with Crippen LogP contribution in [-0.4, -0.2) is 54.4 Å². The molecule has 0 heterocycles. The molecule has 0 unspecified atom stereocenters. The number of carbonyl (C=O) groups is 3. The molecule has 3 amide bonds. The Morgan fingerprint density at radius 2 is 1.10 bits per heavy atom. The van der Waals surface area contributed by atoms with Crippen molar-refractivity contribution in [2.75, 3.05) is 13.2 Å². The lowest BCUT2D eigenvalue weighted by atomic mass is 10.1. The van der Waals surface area contributed by atoms with Crippen LogP contribution >= 0.6 is 0 Å². The highest BCUT2D eigenvalue weighted by molar-refractivity contribution is 6.02. The second-order valence-electron chi connectivity index (χ2n) is 14.4. The first-order chi connectivity index (χ1) is 24.8. The summed E-state index contributed by atoms with van der Waals surface area (Å²) in [5, 5.41) is 7.92. The summed E-state index contributed by atoms with van der Waals surface area (Å²) in [5.41, 5.74) is 0.416. The number of alkyl carbamates (subject to hydrolysis) is 2. The molecule has 0 saturated carbocycles. The standard InChI is InChI=1S/C41H56N4O7/c1-40(2,3)51-38(47)44-37(45-39(48)52-41(4,5)6)43-35(29-31-19-13-11-14-20-31)36(46)42-27-17-9-7-8-10-18-28-49-33-23-25-34(26-24-33)50-30-32-21-15-12-16-22-32/h11-16,19-26,35H,7-10,17-18,27-30H2,1-6H3,(H,42,46)(H2,43,44,45,47,48)/t35-/m0/s1. The predicted octanol–water partition coefficient (Wildman–Crippen LogP) is 8.12. The first-order valence-corrected chi connectivity index (χ1v) is 18.0. The van der Waals surface area contributed by atoms with E-state index in [2.05, 4.69) is 20.9 Å². The Morgan fingerprint density at radius 1 is 0.615 bits per heavy atom. The van der Waals surface area contributed by atoms with Crippen molar-refractivity contribution in [3.63, 3.8) is 0 Å². The highest BCUT2D eigenvalue weighted by atomic mass is 16.6. The summed E-state index contributed by atoms with van der Waals surface area (Å²) in [5.74, 6) is 1.06. The Bertz CT molecular complexity index is 1500. The highest BCUT2D eigenvalue weighted by Gasteiger charge is 2.24. The lowest BCUT2D eigenvalue weighted by Crippen LogP contribution is -2.48. The van der Waals surface area contributed by atoms with Crippen LogP contribution in [0.15, 0.2) is 89.9 Å². The molecule has 0 aromatic heterocycles. The maximum absolute atomic E-state index is 13.4. The fraction of sp³-hybridized carbons (Fsp3) is 0.463. The van der Waals surface area contributed by atoms with Gasteiger partial charge in [-0.15, -0.1) is 0 Å². The average Bonchev–Trinajstić information content (AvgIpc) is 3.07. The van der Waals surface area contributed by atoms with E-state index in [9.17, 15) is 14.4 Å². The lowest BCUT2D eigenvalue weighted by molar-refractivity contribution is -0.122. The molecule has 52 heavy (non-hydrogen) atoms. The van der Waals surface area contributed by atoms with Gasteiger partial charge in [-0.25, -0.2) is 14.6 Å². The van der Waals surface area contributed by atoms with E-state index in [0.717, 1.165) is 61.2 Å². The quantitative estimate of drug-likeness (QED) is 0.0729. The third-order valence-electron chi connectivity index (χ3n) is 7.31. The maximum atomic E-state index is 13.4. The van der Waals surface area contributed by atoms with Gasteiger partial charge in [0.25, 0.3) is 0 Å². The topological polar surface area (TPSA) is 137 Å². The molecule has 11 heteroatoms. The van der Waals surface area contributed by atoms with Gasteiger partial charge in [-0.1, -0.05) is 86.3 Å². The fourth-order valence-electron chi connectivity index (χ4n) is 4.91. The molecule has 0 aliphatic carbocycles. The number of carbonyl (C=O) groups excluding carboxylic acids is 3. The van der Waals surface area contributed by atoms with Crippen LogP contribution in [0.25, 0.3) is 0 Å². The van der Waals surface area contributed by atoms with Crippen LogP contribution in [0.5, 0.6) is 11.5 Å². The number of aliphatic imine (C=N–C) groups is 1. The predicted molar refractivity (Wildman–Crippen MR) is 204 cm³/mol. The molecular formula is C41H56N4O7. The number of guanidine groups is 1. The van der Waals surface area contributed by atoms with Gasteiger partial charge >= 0.3 is 12.2 Å². The van der Waals surface area contributed by atoms with Crippen LogP contribution in [0, 0.1) is 0 Å². The van der Waals surface area contributed by atoms with Crippen LogP contribution in [0.1, 0.15) is 91.2 Å². The Kier molecular flexibility index (Phi) is 17.0. The van der Waals surface area contributed by atoms with Crippen molar-refractivity contribution < 1.29 is 33.3 Å². The van der Waals surface area contributed by atoms with Crippen LogP contribution in [-0.2, 0) is 27.3 Å². The van der Waals surface area contributed by atoms with E-state index < -0.39 is 29.4 Å². The zero-order chi connectivity index (χ0) is 37.8. The second kappa shape index (κ2) is 21.3. The van der Waals surface area contributed by atoms with Gasteiger partial charge in [0.15, 0.2) is 0 Å². The molecule has 0 spiro atoms. The van der Waals surface area contributed by atoms with Gasteiger partial charge in [0.1, 0.15) is 35.3 Å². The minimum Gasteiger partial charge on any atom is -0.494 e. The van der Waals surface area contributed by atoms with Crippen LogP contribution in [0.2, 0.25) is 0 Å². The van der Waals surface area contributed by atoms with E-state index in [-0.39, 0.29) is 18.3 Å². The molecule has 0 aliphatic heterocycles. The van der Waals surface area contributed by atoms with Crippen LogP contribution in [0.3, 0.4) is 0 Å². The normalized spacial score (nSPS) is 11.8. The van der Waals surface area contributed by atoms with Crippen molar-refractivity contribution >= 4 is 24.1 Å². The van der Waals surface area contributed by atoms with Crippen LogP contribution in [0.4, 0.5) is 9.59 Å². The Hall–Kier alpha value is -5.06. The summed E-state index contributed by atoms with van der Waals surface area (Å²) in [6.45, 7) is 12.0.